The van der Waals surface area contributed by atoms with Crippen LogP contribution >= 0.6 is 0 Å². The molecule has 2 aromatic heterocycles. The van der Waals surface area contributed by atoms with Gasteiger partial charge in [-0.25, -0.2) is 19.9 Å². The van der Waals surface area contributed by atoms with Crippen LogP contribution in [-0.2, 0) is 4.74 Å². The lowest BCUT2D eigenvalue weighted by atomic mass is 10.2. The van der Waals surface area contributed by atoms with Crippen LogP contribution in [0.1, 0.15) is 5.69 Å². The zero-order valence-electron chi connectivity index (χ0n) is 12.4. The molecule has 1 saturated heterocycles. The maximum Gasteiger partial charge on any atom is 0.158 e. The highest BCUT2D eigenvalue weighted by atomic mass is 16.5. The molecule has 9 nitrogen and oxygen atoms in total. The summed E-state index contributed by atoms with van der Waals surface area (Å²) < 4.78 is 5.56. The van der Waals surface area contributed by atoms with Crippen molar-refractivity contribution < 1.29 is 4.74 Å². The maximum absolute atomic E-state index is 8.72. The number of nitrogens with two attached hydrogens (primary N) is 1. The van der Waals surface area contributed by atoms with Crippen molar-refractivity contribution >= 4 is 17.5 Å². The first-order valence-electron chi connectivity index (χ1n) is 7.16. The van der Waals surface area contributed by atoms with E-state index in [1.54, 1.807) is 0 Å². The molecule has 23 heavy (non-hydrogen) atoms. The smallest absolute Gasteiger partial charge is 0.158 e. The van der Waals surface area contributed by atoms with Gasteiger partial charge in [-0.3, -0.25) is 0 Å². The molecule has 0 unspecified atom stereocenters. The van der Waals surface area contributed by atoms with Crippen LogP contribution in [0.25, 0.3) is 0 Å². The molecule has 0 aromatic carbocycles. The minimum Gasteiger partial charge on any atom is -0.373 e. The minimum absolute atomic E-state index is 0.0134. The molecule has 0 saturated carbocycles. The number of hydrogen-bond acceptors (Lipinski definition) is 9. The van der Waals surface area contributed by atoms with E-state index >= 15 is 0 Å². The molecule has 0 bridgehead atoms. The van der Waals surface area contributed by atoms with E-state index in [1.165, 1.54) is 18.7 Å². The van der Waals surface area contributed by atoms with Gasteiger partial charge in [0.2, 0.25) is 0 Å². The van der Waals surface area contributed by atoms with Crippen molar-refractivity contribution in [1.29, 1.82) is 5.26 Å². The Kier molecular flexibility index (Phi) is 4.56. The van der Waals surface area contributed by atoms with E-state index in [0.717, 1.165) is 12.4 Å². The summed E-state index contributed by atoms with van der Waals surface area (Å²) in [5, 5.41) is 11.8. The van der Waals surface area contributed by atoms with Gasteiger partial charge in [-0.05, 0) is 0 Å². The molecule has 9 heteroatoms. The topological polar surface area (TPSA) is 126 Å². The number of anilines is 3. The molecule has 1 aliphatic rings. The van der Waals surface area contributed by atoms with Crippen molar-refractivity contribution in [3.05, 3.63) is 30.5 Å². The van der Waals surface area contributed by atoms with Gasteiger partial charge in [0.1, 0.15) is 29.9 Å². The highest BCUT2D eigenvalue weighted by molar-refractivity contribution is 5.55. The van der Waals surface area contributed by atoms with Crippen molar-refractivity contribution in [3.63, 3.8) is 0 Å². The number of nitriles is 1. The van der Waals surface area contributed by atoms with Crippen molar-refractivity contribution in [2.45, 2.75) is 6.10 Å². The first-order valence-corrected chi connectivity index (χ1v) is 7.16. The average Bonchev–Trinajstić information content (AvgIpc) is 2.63. The van der Waals surface area contributed by atoms with E-state index in [9.17, 15) is 0 Å². The minimum atomic E-state index is 0.0134. The summed E-state index contributed by atoms with van der Waals surface area (Å²) in [4.78, 5) is 18.6. The van der Waals surface area contributed by atoms with E-state index in [1.807, 2.05) is 12.1 Å². The number of hydrogen-bond donors (Lipinski definition) is 2. The van der Waals surface area contributed by atoms with Crippen LogP contribution in [0.15, 0.2) is 24.8 Å². The second kappa shape index (κ2) is 6.95. The Morgan fingerprint density at radius 3 is 2.96 bits per heavy atom. The van der Waals surface area contributed by atoms with Crippen LogP contribution < -0.4 is 16.0 Å². The van der Waals surface area contributed by atoms with Gasteiger partial charge in [-0.2, -0.15) is 5.26 Å². The Morgan fingerprint density at radius 1 is 1.30 bits per heavy atom. The van der Waals surface area contributed by atoms with E-state index in [4.69, 9.17) is 15.7 Å². The third-order valence-electron chi connectivity index (χ3n) is 3.40. The normalized spacial score (nSPS) is 17.6. The third kappa shape index (κ3) is 3.68. The molecule has 2 aromatic rings. The summed E-state index contributed by atoms with van der Waals surface area (Å²) in [6.07, 6.45) is 4.39. The number of rotatable bonds is 4. The Morgan fingerprint density at radius 2 is 2.22 bits per heavy atom. The van der Waals surface area contributed by atoms with Gasteiger partial charge in [-0.15, -0.1) is 0 Å². The number of ether oxygens (including phenoxy) is 1. The van der Waals surface area contributed by atoms with Crippen LogP contribution in [0.3, 0.4) is 0 Å². The van der Waals surface area contributed by atoms with Gasteiger partial charge in [0.05, 0.1) is 25.1 Å². The largest absolute Gasteiger partial charge is 0.373 e. The zero-order chi connectivity index (χ0) is 16.1. The average molecular weight is 312 g/mol. The van der Waals surface area contributed by atoms with E-state index in [2.05, 4.69) is 30.2 Å². The van der Waals surface area contributed by atoms with Crippen LogP contribution in [-0.4, -0.2) is 52.3 Å². The molecule has 3 rings (SSSR count). The third-order valence-corrected chi connectivity index (χ3v) is 3.40. The van der Waals surface area contributed by atoms with E-state index < -0.39 is 0 Å². The second-order valence-corrected chi connectivity index (χ2v) is 4.96. The van der Waals surface area contributed by atoms with Crippen LogP contribution in [0.5, 0.6) is 0 Å². The van der Waals surface area contributed by atoms with Crippen molar-refractivity contribution in [1.82, 2.24) is 19.9 Å². The Balaban J connectivity index is 1.73. The molecule has 1 aliphatic heterocycles. The first kappa shape index (κ1) is 15.1. The first-order chi connectivity index (χ1) is 11.3. The molecule has 0 radical (unpaired) electrons. The van der Waals surface area contributed by atoms with Crippen molar-refractivity contribution in [2.24, 2.45) is 5.73 Å². The van der Waals surface area contributed by atoms with Gasteiger partial charge in [0.15, 0.2) is 5.69 Å². The number of aromatic nitrogens is 4. The lowest BCUT2D eigenvalue weighted by molar-refractivity contribution is 0.0463. The van der Waals surface area contributed by atoms with Gasteiger partial charge in [0, 0.05) is 25.7 Å². The quantitative estimate of drug-likeness (QED) is 0.804. The maximum atomic E-state index is 8.72. The Labute approximate surface area is 133 Å². The number of morpholine rings is 1. The monoisotopic (exact) mass is 312 g/mol. The zero-order valence-corrected chi connectivity index (χ0v) is 12.4. The predicted octanol–water partition coefficient (Wildman–Crippen LogP) is 0.0458. The summed E-state index contributed by atoms with van der Waals surface area (Å²) in [7, 11) is 0. The predicted molar refractivity (Wildman–Crippen MR) is 83.1 cm³/mol. The summed E-state index contributed by atoms with van der Waals surface area (Å²) in [6, 6.07) is 3.76. The summed E-state index contributed by atoms with van der Waals surface area (Å²) >= 11 is 0. The van der Waals surface area contributed by atoms with Gasteiger partial charge in [0.25, 0.3) is 0 Å². The molecule has 3 N–H and O–H groups in total. The molecule has 1 atom stereocenters. The highest BCUT2D eigenvalue weighted by Crippen LogP contribution is 2.19. The van der Waals surface area contributed by atoms with Gasteiger partial charge in [-0.1, -0.05) is 0 Å². The Bertz CT molecular complexity index is 699. The fourth-order valence-corrected chi connectivity index (χ4v) is 2.24. The summed E-state index contributed by atoms with van der Waals surface area (Å²) in [6.45, 7) is 2.55. The number of nitrogens with one attached hydrogen (secondary N) is 1. The Hall–Kier alpha value is -2.83. The lowest BCUT2D eigenvalue weighted by Crippen LogP contribution is -2.46. The van der Waals surface area contributed by atoms with E-state index in [0.29, 0.717) is 31.3 Å². The SMILES string of the molecule is N#Cc1cnc(Nc2cc(N3CCO[C@@H](CN)C3)ncn2)cn1. The van der Waals surface area contributed by atoms with Crippen LogP contribution in [0.4, 0.5) is 17.5 Å². The van der Waals surface area contributed by atoms with Gasteiger partial charge >= 0.3 is 0 Å². The highest BCUT2D eigenvalue weighted by Gasteiger charge is 2.20. The van der Waals surface area contributed by atoms with E-state index in [-0.39, 0.29) is 11.8 Å². The summed E-state index contributed by atoms with van der Waals surface area (Å²) in [5.41, 5.74) is 5.93. The molecule has 1 fully saturated rings. The lowest BCUT2D eigenvalue weighted by Gasteiger charge is -2.33. The van der Waals surface area contributed by atoms with Crippen molar-refractivity contribution in [2.75, 3.05) is 36.5 Å². The summed E-state index contributed by atoms with van der Waals surface area (Å²) in [5.74, 6) is 1.91. The molecule has 0 amide bonds. The molecule has 3 heterocycles. The molecular formula is C14H16N8O. The number of nitrogens with zero attached hydrogens (tertiary/aromatic N) is 6. The molecular weight excluding hydrogens is 296 g/mol. The van der Waals surface area contributed by atoms with Gasteiger partial charge < -0.3 is 20.7 Å². The fraction of sp³-hybridized carbons (Fsp3) is 0.357. The molecule has 0 aliphatic carbocycles. The standard InChI is InChI=1S/C14H16N8O/c15-4-10-6-18-13(7-17-10)21-12-3-14(20-9-19-12)22-1-2-23-11(5-16)8-22/h3,6-7,9,11H,1-2,5,8,16H2,(H,18,19,20,21)/t11-/m0/s1. The second-order valence-electron chi connectivity index (χ2n) is 4.96. The fourth-order valence-electron chi connectivity index (χ4n) is 2.24. The molecule has 118 valence electrons. The molecule has 0 spiro atoms. The van der Waals surface area contributed by atoms with Crippen LogP contribution in [0, 0.1) is 11.3 Å². The van der Waals surface area contributed by atoms with Crippen molar-refractivity contribution in [3.8, 4) is 6.07 Å². The van der Waals surface area contributed by atoms with Crippen LogP contribution in [0.2, 0.25) is 0 Å².